The molecule has 106 valence electrons. The Kier molecular flexibility index (Phi) is 3.18. The maximum atomic E-state index is 13.5. The van der Waals surface area contributed by atoms with Crippen LogP contribution in [0.3, 0.4) is 0 Å². The van der Waals surface area contributed by atoms with Gasteiger partial charge in [0.15, 0.2) is 11.6 Å². The molecule has 0 aliphatic rings. The lowest BCUT2D eigenvalue weighted by Gasteiger charge is -2.09. The quantitative estimate of drug-likeness (QED) is 0.700. The third kappa shape index (κ3) is 2.38. The first-order valence-corrected chi connectivity index (χ1v) is 6.62. The molecule has 0 fully saturated rings. The van der Waals surface area contributed by atoms with E-state index in [0.29, 0.717) is 21.8 Å². The van der Waals surface area contributed by atoms with Gasteiger partial charge < -0.3 is 10.2 Å². The van der Waals surface area contributed by atoms with E-state index in [-0.39, 0.29) is 5.75 Å². The number of phenols is 2. The van der Waals surface area contributed by atoms with E-state index >= 15 is 0 Å². The van der Waals surface area contributed by atoms with E-state index < -0.39 is 11.6 Å². The van der Waals surface area contributed by atoms with Gasteiger partial charge in [-0.3, -0.25) is 0 Å². The van der Waals surface area contributed by atoms with E-state index in [9.17, 15) is 14.6 Å². The van der Waals surface area contributed by atoms with E-state index in [1.165, 1.54) is 18.2 Å². The minimum Gasteiger partial charge on any atom is -0.508 e. The van der Waals surface area contributed by atoms with Crippen LogP contribution in [-0.2, 0) is 0 Å². The van der Waals surface area contributed by atoms with Crippen LogP contribution in [0.2, 0.25) is 5.02 Å². The first kappa shape index (κ1) is 13.6. The Morgan fingerprint density at radius 1 is 1.10 bits per heavy atom. The van der Waals surface area contributed by atoms with Gasteiger partial charge in [0.25, 0.3) is 0 Å². The molecular weight excluding hydrogens is 293 g/mol. The second-order valence-corrected chi connectivity index (χ2v) is 5.22. The average molecular weight is 304 g/mol. The van der Waals surface area contributed by atoms with Crippen LogP contribution < -0.4 is 0 Å². The zero-order valence-electron chi connectivity index (χ0n) is 11.1. The molecule has 0 saturated heterocycles. The van der Waals surface area contributed by atoms with Crippen molar-refractivity contribution in [1.82, 2.24) is 4.98 Å². The smallest absolute Gasteiger partial charge is 0.165 e. The minimum atomic E-state index is -0.705. The van der Waals surface area contributed by atoms with Crippen LogP contribution in [0, 0.1) is 12.7 Å². The van der Waals surface area contributed by atoms with Crippen LogP contribution in [0.1, 0.15) is 5.56 Å². The van der Waals surface area contributed by atoms with E-state index in [1.807, 2.05) is 6.92 Å². The number of aryl methyl sites for hydroxylation is 1. The summed E-state index contributed by atoms with van der Waals surface area (Å²) < 4.78 is 13.5. The molecule has 0 amide bonds. The molecule has 3 nitrogen and oxygen atoms in total. The Hall–Kier alpha value is -2.33. The molecule has 2 aromatic carbocycles. The van der Waals surface area contributed by atoms with Crippen molar-refractivity contribution in [2.75, 3.05) is 0 Å². The van der Waals surface area contributed by atoms with E-state index in [1.54, 1.807) is 18.2 Å². The SMILES string of the molecule is Cc1cc(-c2ccc(O)c(F)c2)nc2c(Cl)cc(O)cc12. The summed E-state index contributed by atoms with van der Waals surface area (Å²) in [5.41, 5.74) is 2.49. The van der Waals surface area contributed by atoms with Crippen LogP contribution in [0.5, 0.6) is 11.5 Å². The van der Waals surface area contributed by atoms with Crippen LogP contribution in [0.4, 0.5) is 4.39 Å². The van der Waals surface area contributed by atoms with Gasteiger partial charge in [-0.15, -0.1) is 0 Å². The number of halogens is 2. The van der Waals surface area contributed by atoms with Gasteiger partial charge >= 0.3 is 0 Å². The molecule has 0 saturated carbocycles. The zero-order valence-corrected chi connectivity index (χ0v) is 11.8. The van der Waals surface area contributed by atoms with Gasteiger partial charge in [0, 0.05) is 17.0 Å². The first-order valence-electron chi connectivity index (χ1n) is 6.24. The number of fused-ring (bicyclic) bond motifs is 1. The van der Waals surface area contributed by atoms with Gasteiger partial charge in [0.2, 0.25) is 0 Å². The number of pyridine rings is 1. The van der Waals surface area contributed by atoms with Crippen molar-refractivity contribution in [3.05, 3.63) is 52.8 Å². The van der Waals surface area contributed by atoms with E-state index in [2.05, 4.69) is 4.98 Å². The number of hydrogen-bond donors (Lipinski definition) is 2. The molecule has 3 rings (SSSR count). The van der Waals surface area contributed by atoms with E-state index in [4.69, 9.17) is 11.6 Å². The summed E-state index contributed by atoms with van der Waals surface area (Å²) in [6.45, 7) is 1.86. The molecule has 5 heteroatoms. The van der Waals surface area contributed by atoms with Crippen molar-refractivity contribution in [3.8, 4) is 22.8 Å². The van der Waals surface area contributed by atoms with Crippen molar-refractivity contribution in [2.24, 2.45) is 0 Å². The van der Waals surface area contributed by atoms with Crippen LogP contribution >= 0.6 is 11.6 Å². The van der Waals surface area contributed by atoms with Gasteiger partial charge in [0.1, 0.15) is 5.75 Å². The molecule has 0 radical (unpaired) electrons. The summed E-state index contributed by atoms with van der Waals surface area (Å²) in [7, 11) is 0. The van der Waals surface area contributed by atoms with Crippen molar-refractivity contribution in [1.29, 1.82) is 0 Å². The molecule has 3 aromatic rings. The molecule has 21 heavy (non-hydrogen) atoms. The molecule has 0 atom stereocenters. The number of hydrogen-bond acceptors (Lipinski definition) is 3. The lowest BCUT2D eigenvalue weighted by atomic mass is 10.0. The monoisotopic (exact) mass is 303 g/mol. The van der Waals surface area contributed by atoms with Gasteiger partial charge in [-0.1, -0.05) is 11.6 Å². The fraction of sp³-hybridized carbons (Fsp3) is 0.0625. The topological polar surface area (TPSA) is 53.4 Å². The van der Waals surface area contributed by atoms with Crippen molar-refractivity contribution in [3.63, 3.8) is 0 Å². The Morgan fingerprint density at radius 3 is 2.57 bits per heavy atom. The highest BCUT2D eigenvalue weighted by Gasteiger charge is 2.11. The predicted molar refractivity (Wildman–Crippen MR) is 80.2 cm³/mol. The Labute approximate surface area is 125 Å². The molecule has 0 unspecified atom stereocenters. The van der Waals surface area contributed by atoms with Crippen molar-refractivity contribution in [2.45, 2.75) is 6.92 Å². The summed E-state index contributed by atoms with van der Waals surface area (Å²) in [5, 5.41) is 19.9. The van der Waals surface area contributed by atoms with Crippen LogP contribution in [0.25, 0.3) is 22.2 Å². The predicted octanol–water partition coefficient (Wildman–Crippen LogP) is 4.41. The van der Waals surface area contributed by atoms with Crippen molar-refractivity contribution >= 4 is 22.5 Å². The number of aromatic nitrogens is 1. The highest BCUT2D eigenvalue weighted by atomic mass is 35.5. The van der Waals surface area contributed by atoms with Crippen LogP contribution in [0.15, 0.2) is 36.4 Å². The maximum Gasteiger partial charge on any atom is 0.165 e. The number of aromatic hydroxyl groups is 2. The number of phenolic OH excluding ortho intramolecular Hbond substituents is 2. The molecule has 0 aliphatic heterocycles. The molecule has 2 N–H and O–H groups in total. The molecule has 1 aromatic heterocycles. The molecular formula is C16H11ClFNO2. The standard InChI is InChI=1S/C16H11ClFNO2/c1-8-4-14(9-2-3-15(21)13(18)5-9)19-16-11(8)6-10(20)7-12(16)17/h2-7,20-21H,1H3. The van der Waals surface area contributed by atoms with Gasteiger partial charge in [-0.25, -0.2) is 9.37 Å². The Morgan fingerprint density at radius 2 is 1.86 bits per heavy atom. The Balaban J connectivity index is 2.27. The fourth-order valence-corrected chi connectivity index (χ4v) is 2.50. The summed E-state index contributed by atoms with van der Waals surface area (Å²) in [4.78, 5) is 4.43. The molecule has 0 bridgehead atoms. The molecule has 0 spiro atoms. The highest BCUT2D eigenvalue weighted by molar-refractivity contribution is 6.35. The number of nitrogens with zero attached hydrogens (tertiary/aromatic N) is 1. The van der Waals surface area contributed by atoms with Crippen LogP contribution in [-0.4, -0.2) is 15.2 Å². The summed E-state index contributed by atoms with van der Waals surface area (Å²) in [5.74, 6) is -1.04. The second-order valence-electron chi connectivity index (χ2n) is 4.81. The first-order chi connectivity index (χ1) is 9.95. The third-order valence-corrected chi connectivity index (χ3v) is 3.59. The van der Waals surface area contributed by atoms with Gasteiger partial charge in [-0.05, 0) is 42.8 Å². The third-order valence-electron chi connectivity index (χ3n) is 3.30. The molecule has 1 heterocycles. The summed E-state index contributed by atoms with van der Waals surface area (Å²) >= 11 is 6.11. The van der Waals surface area contributed by atoms with E-state index in [0.717, 1.165) is 10.9 Å². The molecule has 0 aliphatic carbocycles. The lowest BCUT2D eigenvalue weighted by molar-refractivity contribution is 0.432. The lowest BCUT2D eigenvalue weighted by Crippen LogP contribution is -1.90. The summed E-state index contributed by atoms with van der Waals surface area (Å²) in [6, 6.07) is 8.87. The minimum absolute atomic E-state index is 0.0702. The Bertz CT molecular complexity index is 865. The zero-order chi connectivity index (χ0) is 15.1. The number of rotatable bonds is 1. The fourth-order valence-electron chi connectivity index (χ4n) is 2.25. The van der Waals surface area contributed by atoms with Gasteiger partial charge in [0.05, 0.1) is 16.2 Å². The average Bonchev–Trinajstić information content (AvgIpc) is 2.43. The maximum absolute atomic E-state index is 13.5. The summed E-state index contributed by atoms with van der Waals surface area (Å²) in [6.07, 6.45) is 0. The largest absolute Gasteiger partial charge is 0.508 e. The number of benzene rings is 2. The highest BCUT2D eigenvalue weighted by Crippen LogP contribution is 2.32. The van der Waals surface area contributed by atoms with Gasteiger partial charge in [-0.2, -0.15) is 0 Å². The normalized spacial score (nSPS) is 11.0. The van der Waals surface area contributed by atoms with Crippen molar-refractivity contribution < 1.29 is 14.6 Å². The second kappa shape index (κ2) is 4.90.